The second kappa shape index (κ2) is 5.42. The number of carbonyl (C=O) groups excluding carboxylic acids is 1. The second-order valence-corrected chi connectivity index (χ2v) is 5.01. The standard InChI is InChI=1S/C14H9ClN6O/c15-10-4-9-3-8(1-2-11(9)18-6-10)7-21-12(5-16)19-14(20-21)13(17)22/h1-4,6H,7H2,(H2,17,22). The monoisotopic (exact) mass is 312 g/mol. The van der Waals surface area contributed by atoms with Gasteiger partial charge in [-0.05, 0) is 23.8 Å². The van der Waals surface area contributed by atoms with Crippen molar-refractivity contribution in [3.63, 3.8) is 0 Å². The molecule has 0 aliphatic heterocycles. The van der Waals surface area contributed by atoms with Gasteiger partial charge in [0.05, 0.1) is 17.1 Å². The number of hydrogen-bond acceptors (Lipinski definition) is 5. The van der Waals surface area contributed by atoms with Crippen LogP contribution >= 0.6 is 11.6 Å². The van der Waals surface area contributed by atoms with Crippen LogP contribution in [0.1, 0.15) is 22.0 Å². The maximum Gasteiger partial charge on any atom is 0.288 e. The summed E-state index contributed by atoms with van der Waals surface area (Å²) < 4.78 is 1.33. The van der Waals surface area contributed by atoms with E-state index in [1.54, 1.807) is 12.3 Å². The number of amides is 1. The first-order valence-electron chi connectivity index (χ1n) is 6.26. The summed E-state index contributed by atoms with van der Waals surface area (Å²) in [6.07, 6.45) is 1.58. The van der Waals surface area contributed by atoms with Gasteiger partial charge in [-0.3, -0.25) is 9.78 Å². The molecule has 108 valence electrons. The van der Waals surface area contributed by atoms with Crippen LogP contribution < -0.4 is 5.73 Å². The molecule has 22 heavy (non-hydrogen) atoms. The number of benzene rings is 1. The molecule has 2 heterocycles. The fourth-order valence-electron chi connectivity index (χ4n) is 2.06. The topological polar surface area (TPSA) is 110 Å². The predicted molar refractivity (Wildman–Crippen MR) is 79.1 cm³/mol. The van der Waals surface area contributed by atoms with Crippen LogP contribution in [-0.2, 0) is 6.54 Å². The highest BCUT2D eigenvalue weighted by molar-refractivity contribution is 6.31. The highest BCUT2D eigenvalue weighted by Gasteiger charge is 2.13. The SMILES string of the molecule is N#Cc1nc(C(N)=O)nn1Cc1ccc2ncc(Cl)cc2c1. The lowest BCUT2D eigenvalue weighted by Crippen LogP contribution is -2.13. The number of hydrogen-bond donors (Lipinski definition) is 1. The second-order valence-electron chi connectivity index (χ2n) is 4.57. The van der Waals surface area contributed by atoms with Crippen molar-refractivity contribution in [2.24, 2.45) is 5.73 Å². The van der Waals surface area contributed by atoms with Gasteiger partial charge in [-0.2, -0.15) is 10.2 Å². The number of aromatic nitrogens is 4. The summed E-state index contributed by atoms with van der Waals surface area (Å²) in [5.74, 6) is -0.926. The first-order valence-corrected chi connectivity index (χ1v) is 6.63. The van der Waals surface area contributed by atoms with Gasteiger partial charge in [-0.1, -0.05) is 17.7 Å². The minimum atomic E-state index is -0.773. The van der Waals surface area contributed by atoms with Gasteiger partial charge in [0.15, 0.2) is 0 Å². The molecule has 8 heteroatoms. The van der Waals surface area contributed by atoms with E-state index in [1.807, 2.05) is 24.3 Å². The summed E-state index contributed by atoms with van der Waals surface area (Å²) in [5, 5.41) is 14.4. The van der Waals surface area contributed by atoms with Crippen molar-refractivity contribution >= 4 is 28.4 Å². The summed E-state index contributed by atoms with van der Waals surface area (Å²) in [4.78, 5) is 19.1. The molecule has 0 saturated carbocycles. The highest BCUT2D eigenvalue weighted by atomic mass is 35.5. The Morgan fingerprint density at radius 3 is 2.95 bits per heavy atom. The Morgan fingerprint density at radius 1 is 1.41 bits per heavy atom. The molecule has 2 aromatic heterocycles. The summed E-state index contributed by atoms with van der Waals surface area (Å²) in [6, 6.07) is 9.28. The number of nitriles is 1. The number of fused-ring (bicyclic) bond motifs is 1. The number of halogens is 1. The molecule has 0 saturated heterocycles. The third-order valence-corrected chi connectivity index (χ3v) is 3.24. The molecular weight excluding hydrogens is 304 g/mol. The first kappa shape index (κ1) is 14.0. The summed E-state index contributed by atoms with van der Waals surface area (Å²) in [6.45, 7) is 0.283. The van der Waals surface area contributed by atoms with Crippen LogP contribution in [0.15, 0.2) is 30.5 Å². The Hall–Kier alpha value is -2.98. The van der Waals surface area contributed by atoms with E-state index in [-0.39, 0.29) is 18.2 Å². The molecule has 0 fully saturated rings. The van der Waals surface area contributed by atoms with Crippen LogP contribution in [0.5, 0.6) is 0 Å². The Bertz CT molecular complexity index is 927. The normalized spacial score (nSPS) is 10.5. The molecule has 2 N–H and O–H groups in total. The van der Waals surface area contributed by atoms with Crippen LogP contribution in [0.3, 0.4) is 0 Å². The van der Waals surface area contributed by atoms with E-state index in [4.69, 9.17) is 22.6 Å². The van der Waals surface area contributed by atoms with Crippen LogP contribution in [0.4, 0.5) is 0 Å². The van der Waals surface area contributed by atoms with E-state index < -0.39 is 5.91 Å². The fourth-order valence-corrected chi connectivity index (χ4v) is 2.23. The Kier molecular flexibility index (Phi) is 3.45. The van der Waals surface area contributed by atoms with E-state index in [1.165, 1.54) is 4.68 Å². The molecule has 0 spiro atoms. The van der Waals surface area contributed by atoms with Gasteiger partial charge in [0.2, 0.25) is 11.6 Å². The van der Waals surface area contributed by atoms with Gasteiger partial charge in [-0.15, -0.1) is 5.10 Å². The highest BCUT2D eigenvalue weighted by Crippen LogP contribution is 2.19. The number of primary amides is 1. The van der Waals surface area contributed by atoms with Crippen LogP contribution in [-0.4, -0.2) is 25.7 Å². The number of carbonyl (C=O) groups is 1. The van der Waals surface area contributed by atoms with Gasteiger partial charge >= 0.3 is 0 Å². The van der Waals surface area contributed by atoms with E-state index >= 15 is 0 Å². The summed E-state index contributed by atoms with van der Waals surface area (Å²) in [7, 11) is 0. The van der Waals surface area contributed by atoms with Crippen molar-refractivity contribution in [1.29, 1.82) is 5.26 Å². The molecule has 1 amide bonds. The molecular formula is C14H9ClN6O. The molecule has 0 atom stereocenters. The van der Waals surface area contributed by atoms with Crippen LogP contribution in [0.25, 0.3) is 10.9 Å². The molecule has 0 bridgehead atoms. The Morgan fingerprint density at radius 2 is 2.23 bits per heavy atom. The number of pyridine rings is 1. The largest absolute Gasteiger partial charge is 0.363 e. The van der Waals surface area contributed by atoms with E-state index in [0.717, 1.165) is 16.5 Å². The van der Waals surface area contributed by atoms with Gasteiger partial charge in [0.1, 0.15) is 6.07 Å². The Balaban J connectivity index is 1.99. The van der Waals surface area contributed by atoms with Gasteiger partial charge < -0.3 is 5.73 Å². The maximum absolute atomic E-state index is 11.1. The minimum absolute atomic E-state index is 0.0260. The molecule has 0 aliphatic rings. The summed E-state index contributed by atoms with van der Waals surface area (Å²) in [5.41, 5.74) is 6.81. The van der Waals surface area contributed by atoms with Gasteiger partial charge in [-0.25, -0.2) is 4.68 Å². The maximum atomic E-state index is 11.1. The Labute approximate surface area is 130 Å². The quantitative estimate of drug-likeness (QED) is 0.787. The van der Waals surface area contributed by atoms with Crippen molar-refractivity contribution < 1.29 is 4.79 Å². The van der Waals surface area contributed by atoms with E-state index in [0.29, 0.717) is 5.02 Å². The van der Waals surface area contributed by atoms with Crippen molar-refractivity contribution in [2.45, 2.75) is 6.54 Å². The number of nitrogens with two attached hydrogens (primary N) is 1. The van der Waals surface area contributed by atoms with E-state index in [2.05, 4.69) is 15.1 Å². The van der Waals surface area contributed by atoms with Crippen molar-refractivity contribution in [1.82, 2.24) is 19.7 Å². The first-order chi connectivity index (χ1) is 10.6. The third-order valence-electron chi connectivity index (χ3n) is 3.04. The zero-order chi connectivity index (χ0) is 15.7. The van der Waals surface area contributed by atoms with Crippen molar-refractivity contribution in [3.8, 4) is 6.07 Å². The van der Waals surface area contributed by atoms with E-state index in [9.17, 15) is 4.79 Å². The molecule has 0 unspecified atom stereocenters. The number of nitrogens with zero attached hydrogens (tertiary/aromatic N) is 5. The molecule has 3 aromatic rings. The predicted octanol–water partition coefficient (Wildman–Crippen LogP) is 1.50. The lowest BCUT2D eigenvalue weighted by molar-refractivity contribution is 0.0990. The molecule has 7 nitrogen and oxygen atoms in total. The molecule has 0 radical (unpaired) electrons. The average molecular weight is 313 g/mol. The van der Waals surface area contributed by atoms with Crippen LogP contribution in [0, 0.1) is 11.3 Å². The third kappa shape index (κ3) is 2.60. The smallest absolute Gasteiger partial charge is 0.288 e. The van der Waals surface area contributed by atoms with Crippen LogP contribution in [0.2, 0.25) is 5.02 Å². The molecule has 0 aliphatic carbocycles. The lowest BCUT2D eigenvalue weighted by Gasteiger charge is -2.04. The van der Waals surface area contributed by atoms with Crippen molar-refractivity contribution in [3.05, 3.63) is 52.7 Å². The van der Waals surface area contributed by atoms with Gasteiger partial charge in [0.25, 0.3) is 5.91 Å². The molecule has 3 rings (SSSR count). The van der Waals surface area contributed by atoms with Gasteiger partial charge in [0, 0.05) is 11.6 Å². The fraction of sp³-hybridized carbons (Fsp3) is 0.0714. The zero-order valence-electron chi connectivity index (χ0n) is 11.2. The summed E-state index contributed by atoms with van der Waals surface area (Å²) >= 11 is 5.93. The average Bonchev–Trinajstić information content (AvgIpc) is 2.90. The molecule has 1 aromatic carbocycles. The lowest BCUT2D eigenvalue weighted by atomic mass is 10.1. The minimum Gasteiger partial charge on any atom is -0.363 e. The number of rotatable bonds is 3. The zero-order valence-corrected chi connectivity index (χ0v) is 11.9. The van der Waals surface area contributed by atoms with Crippen molar-refractivity contribution in [2.75, 3.05) is 0 Å².